The van der Waals surface area contributed by atoms with Crippen LogP contribution in [0.5, 0.6) is 0 Å². The molecule has 1 aliphatic heterocycles. The van der Waals surface area contributed by atoms with E-state index in [0.29, 0.717) is 23.7 Å². The molecule has 1 atom stereocenters. The first-order valence-corrected chi connectivity index (χ1v) is 9.67. The van der Waals surface area contributed by atoms with Crippen LogP contribution in [-0.2, 0) is 0 Å². The van der Waals surface area contributed by atoms with Crippen molar-refractivity contribution in [1.82, 2.24) is 10.2 Å². The van der Waals surface area contributed by atoms with Gasteiger partial charge in [0.15, 0.2) is 0 Å². The summed E-state index contributed by atoms with van der Waals surface area (Å²) in [5, 5.41) is 5.69. The first kappa shape index (κ1) is 19.9. The van der Waals surface area contributed by atoms with Gasteiger partial charge in [0.25, 0.3) is 0 Å². The molecule has 0 saturated carbocycles. The maximum Gasteiger partial charge on any atom is 0.319 e. The van der Waals surface area contributed by atoms with Gasteiger partial charge in [-0.25, -0.2) is 4.79 Å². The van der Waals surface area contributed by atoms with Crippen LogP contribution in [0.2, 0.25) is 0 Å². The maximum atomic E-state index is 12.2. The van der Waals surface area contributed by atoms with E-state index in [2.05, 4.69) is 46.7 Å². The lowest BCUT2D eigenvalue weighted by Crippen LogP contribution is -2.36. The molecule has 3 amide bonds. The molecular formula is C22H28N4O2. The molecule has 6 nitrogen and oxygen atoms in total. The van der Waals surface area contributed by atoms with Crippen LogP contribution >= 0.6 is 0 Å². The third kappa shape index (κ3) is 4.89. The summed E-state index contributed by atoms with van der Waals surface area (Å²) in [5.74, 6) is 0.0508. The lowest BCUT2D eigenvalue weighted by Gasteiger charge is -2.18. The second-order valence-electron chi connectivity index (χ2n) is 7.42. The Morgan fingerprint density at radius 1 is 1.14 bits per heavy atom. The first-order chi connectivity index (χ1) is 13.4. The van der Waals surface area contributed by atoms with Gasteiger partial charge in [0, 0.05) is 30.9 Å². The summed E-state index contributed by atoms with van der Waals surface area (Å²) in [6.07, 6.45) is 1.15. The van der Waals surface area contributed by atoms with Gasteiger partial charge in [-0.15, -0.1) is 0 Å². The molecule has 0 bridgehead atoms. The lowest BCUT2D eigenvalue weighted by atomic mass is 9.94. The quantitative estimate of drug-likeness (QED) is 0.720. The minimum absolute atomic E-state index is 0.278. The number of nitrogens with zero attached hydrogens (tertiary/aromatic N) is 1. The topological polar surface area (TPSA) is 87.5 Å². The van der Waals surface area contributed by atoms with E-state index in [0.717, 1.165) is 31.6 Å². The number of hydrogen-bond acceptors (Lipinski definition) is 3. The van der Waals surface area contributed by atoms with Crippen molar-refractivity contribution in [1.29, 1.82) is 0 Å². The number of anilines is 1. The largest absolute Gasteiger partial charge is 0.366 e. The van der Waals surface area contributed by atoms with E-state index in [1.54, 1.807) is 18.2 Å². The van der Waals surface area contributed by atoms with Crippen molar-refractivity contribution in [3.8, 4) is 0 Å². The third-order valence-electron chi connectivity index (χ3n) is 5.38. The summed E-state index contributed by atoms with van der Waals surface area (Å²) >= 11 is 0. The number of carbonyl (C=O) groups excluding carboxylic acids is 2. The predicted octanol–water partition coefficient (Wildman–Crippen LogP) is 3.01. The number of nitrogens with one attached hydrogen (secondary N) is 2. The molecule has 0 aliphatic carbocycles. The van der Waals surface area contributed by atoms with Crippen molar-refractivity contribution < 1.29 is 9.59 Å². The van der Waals surface area contributed by atoms with Gasteiger partial charge >= 0.3 is 6.03 Å². The fourth-order valence-corrected chi connectivity index (χ4v) is 3.74. The van der Waals surface area contributed by atoms with E-state index < -0.39 is 5.91 Å². The first-order valence-electron chi connectivity index (χ1n) is 9.67. The van der Waals surface area contributed by atoms with Gasteiger partial charge in [-0.1, -0.05) is 30.3 Å². The number of primary amides is 1. The smallest absolute Gasteiger partial charge is 0.319 e. The van der Waals surface area contributed by atoms with Crippen LogP contribution in [0, 0.1) is 13.8 Å². The zero-order valence-electron chi connectivity index (χ0n) is 16.5. The predicted molar refractivity (Wildman–Crippen MR) is 112 cm³/mol. The molecule has 0 aromatic heterocycles. The molecule has 3 rings (SSSR count). The summed E-state index contributed by atoms with van der Waals surface area (Å²) in [4.78, 5) is 25.9. The molecular weight excluding hydrogens is 352 g/mol. The molecule has 0 radical (unpaired) electrons. The van der Waals surface area contributed by atoms with E-state index in [9.17, 15) is 9.59 Å². The van der Waals surface area contributed by atoms with Crippen molar-refractivity contribution in [2.24, 2.45) is 5.73 Å². The Morgan fingerprint density at radius 3 is 2.68 bits per heavy atom. The fraction of sp³-hybridized carbons (Fsp3) is 0.364. The minimum Gasteiger partial charge on any atom is -0.366 e. The van der Waals surface area contributed by atoms with E-state index >= 15 is 0 Å². The number of rotatable bonds is 6. The second kappa shape index (κ2) is 8.89. The Bertz CT molecular complexity index is 865. The lowest BCUT2D eigenvalue weighted by molar-refractivity contribution is 0.1000. The van der Waals surface area contributed by atoms with Gasteiger partial charge in [-0.05, 0) is 61.6 Å². The van der Waals surface area contributed by atoms with Crippen LogP contribution in [0.1, 0.15) is 39.4 Å². The molecule has 1 heterocycles. The van der Waals surface area contributed by atoms with Gasteiger partial charge in [0.1, 0.15) is 0 Å². The number of likely N-dealkylation sites (tertiary alicyclic amines) is 1. The number of amides is 3. The number of urea groups is 1. The van der Waals surface area contributed by atoms with E-state index in [-0.39, 0.29) is 6.03 Å². The standard InChI is InChI=1S/C22H28N4O2/c1-15-5-3-4-6-19(15)18-9-11-26(14-18)12-10-24-22(28)25-20-13-17(21(23)27)8-7-16(20)2/h3-8,13,18H,9-12,14H2,1-2H3,(H2,23,27)(H2,24,25,28)/t18-/m1/s1. The van der Waals surface area contributed by atoms with Crippen molar-refractivity contribution in [2.75, 3.05) is 31.5 Å². The molecule has 0 spiro atoms. The highest BCUT2D eigenvalue weighted by Crippen LogP contribution is 2.28. The van der Waals surface area contributed by atoms with Crippen LogP contribution in [0.15, 0.2) is 42.5 Å². The highest BCUT2D eigenvalue weighted by molar-refractivity contribution is 5.96. The van der Waals surface area contributed by atoms with Crippen LogP contribution in [0.25, 0.3) is 0 Å². The summed E-state index contributed by atoms with van der Waals surface area (Å²) in [6, 6.07) is 13.3. The van der Waals surface area contributed by atoms with Crippen molar-refractivity contribution >= 4 is 17.6 Å². The van der Waals surface area contributed by atoms with E-state index in [4.69, 9.17) is 5.73 Å². The monoisotopic (exact) mass is 380 g/mol. The van der Waals surface area contributed by atoms with Crippen LogP contribution in [-0.4, -0.2) is 43.0 Å². The van der Waals surface area contributed by atoms with Crippen molar-refractivity contribution in [2.45, 2.75) is 26.2 Å². The number of carbonyl (C=O) groups is 2. The Hall–Kier alpha value is -2.86. The summed E-state index contributed by atoms with van der Waals surface area (Å²) in [5.41, 5.74) is 9.93. The Morgan fingerprint density at radius 2 is 1.93 bits per heavy atom. The zero-order chi connectivity index (χ0) is 20.1. The molecule has 1 aliphatic rings. The second-order valence-corrected chi connectivity index (χ2v) is 7.42. The Kier molecular flexibility index (Phi) is 6.31. The molecule has 2 aromatic carbocycles. The van der Waals surface area contributed by atoms with Gasteiger partial charge in [-0.3, -0.25) is 4.79 Å². The fourth-order valence-electron chi connectivity index (χ4n) is 3.74. The summed E-state index contributed by atoms with van der Waals surface area (Å²) < 4.78 is 0. The normalized spacial score (nSPS) is 16.7. The average Bonchev–Trinajstić information content (AvgIpc) is 3.12. The highest BCUT2D eigenvalue weighted by Gasteiger charge is 2.24. The Labute approximate surface area is 166 Å². The summed E-state index contributed by atoms with van der Waals surface area (Å²) in [6.45, 7) is 7.49. The van der Waals surface area contributed by atoms with E-state index in [1.165, 1.54) is 11.1 Å². The number of hydrogen-bond donors (Lipinski definition) is 3. The highest BCUT2D eigenvalue weighted by atomic mass is 16.2. The van der Waals surface area contributed by atoms with Gasteiger partial charge in [0.2, 0.25) is 5.91 Å². The zero-order valence-corrected chi connectivity index (χ0v) is 16.5. The SMILES string of the molecule is Cc1ccc(C(N)=O)cc1NC(=O)NCCN1CC[C@@H](c2ccccc2C)C1. The molecule has 1 saturated heterocycles. The molecule has 1 fully saturated rings. The van der Waals surface area contributed by atoms with Crippen LogP contribution < -0.4 is 16.4 Å². The van der Waals surface area contributed by atoms with Crippen molar-refractivity contribution in [3.63, 3.8) is 0 Å². The van der Waals surface area contributed by atoms with Gasteiger partial charge in [0.05, 0.1) is 0 Å². The van der Waals surface area contributed by atoms with Crippen LogP contribution in [0.3, 0.4) is 0 Å². The average molecular weight is 380 g/mol. The Balaban J connectivity index is 1.46. The number of nitrogens with two attached hydrogens (primary N) is 1. The molecule has 148 valence electrons. The van der Waals surface area contributed by atoms with Gasteiger partial charge < -0.3 is 21.3 Å². The minimum atomic E-state index is -0.513. The van der Waals surface area contributed by atoms with Crippen LogP contribution in [0.4, 0.5) is 10.5 Å². The number of aryl methyl sites for hydroxylation is 2. The number of benzene rings is 2. The van der Waals surface area contributed by atoms with Crippen molar-refractivity contribution in [3.05, 3.63) is 64.7 Å². The molecule has 2 aromatic rings. The molecule has 4 N–H and O–H groups in total. The molecule has 0 unspecified atom stereocenters. The van der Waals surface area contributed by atoms with E-state index in [1.807, 2.05) is 6.92 Å². The third-order valence-corrected chi connectivity index (χ3v) is 5.38. The molecule has 28 heavy (non-hydrogen) atoms. The maximum absolute atomic E-state index is 12.2. The summed E-state index contributed by atoms with van der Waals surface area (Å²) in [7, 11) is 0. The molecule has 6 heteroatoms. The van der Waals surface area contributed by atoms with Gasteiger partial charge in [-0.2, -0.15) is 0 Å².